The number of cyclic esters (lactones) is 1. The van der Waals surface area contributed by atoms with Gasteiger partial charge in [0.1, 0.15) is 12.7 Å². The zero-order valence-corrected chi connectivity index (χ0v) is 15.8. The summed E-state index contributed by atoms with van der Waals surface area (Å²) >= 11 is 0. The maximum Gasteiger partial charge on any atom is 0.334 e. The van der Waals surface area contributed by atoms with Crippen LogP contribution < -0.4 is 0 Å². The highest BCUT2D eigenvalue weighted by atomic mass is 16.6. The van der Waals surface area contributed by atoms with E-state index in [1.807, 2.05) is 6.92 Å². The lowest BCUT2D eigenvalue weighted by Gasteiger charge is -2.51. The summed E-state index contributed by atoms with van der Waals surface area (Å²) in [6.07, 6.45) is 5.17. The van der Waals surface area contributed by atoms with E-state index < -0.39 is 17.3 Å². The molecule has 0 bridgehead atoms. The largest absolute Gasteiger partial charge is 0.458 e. The van der Waals surface area contributed by atoms with Crippen LogP contribution >= 0.6 is 0 Å². The number of aliphatic hydroxyl groups is 1. The van der Waals surface area contributed by atoms with E-state index >= 15 is 0 Å². The molecule has 5 nitrogen and oxygen atoms in total. The summed E-state index contributed by atoms with van der Waals surface area (Å²) in [5, 5.41) is 11.5. The molecule has 3 rings (SSSR count). The predicted octanol–water partition coefficient (Wildman–Crippen LogP) is 3.15. The molecule has 4 atom stereocenters. The van der Waals surface area contributed by atoms with Crippen molar-refractivity contribution in [3.8, 4) is 0 Å². The minimum Gasteiger partial charge on any atom is -0.458 e. The maximum atomic E-state index is 12.6. The second-order valence-electron chi connectivity index (χ2n) is 8.71. The van der Waals surface area contributed by atoms with E-state index in [-0.39, 0.29) is 23.1 Å². The number of carbonyl (C=O) groups excluding carboxylic acids is 2. The fraction of sp³-hybridized carbons (Fsp3) is 0.800. The molecule has 0 radical (unpaired) electrons. The van der Waals surface area contributed by atoms with Crippen LogP contribution in [0, 0.1) is 16.7 Å². The molecule has 2 aliphatic heterocycles. The van der Waals surface area contributed by atoms with Gasteiger partial charge >= 0.3 is 5.97 Å². The third-order valence-electron chi connectivity index (χ3n) is 6.77. The van der Waals surface area contributed by atoms with Crippen molar-refractivity contribution in [3.63, 3.8) is 0 Å². The van der Waals surface area contributed by atoms with Crippen molar-refractivity contribution in [3.05, 3.63) is 11.6 Å². The van der Waals surface area contributed by atoms with E-state index in [1.165, 1.54) is 0 Å². The monoisotopic (exact) mass is 350 g/mol. The Hall–Kier alpha value is -1.20. The molecule has 3 aliphatic rings. The first-order chi connectivity index (χ1) is 11.6. The topological polar surface area (TPSA) is 72.8 Å². The molecule has 0 aromatic rings. The molecule has 1 aliphatic carbocycles. The number of ether oxygens (including phenoxy) is 2. The van der Waals surface area contributed by atoms with Gasteiger partial charge in [-0.1, -0.05) is 34.1 Å². The van der Waals surface area contributed by atoms with E-state index in [2.05, 4.69) is 20.8 Å². The maximum absolute atomic E-state index is 12.6. The van der Waals surface area contributed by atoms with Crippen molar-refractivity contribution in [2.75, 3.05) is 6.61 Å². The molecule has 1 N–H and O–H groups in total. The highest BCUT2D eigenvalue weighted by molar-refractivity contribution is 5.90. The van der Waals surface area contributed by atoms with Gasteiger partial charge < -0.3 is 14.6 Å². The SMILES string of the molecule is CCC(=O)[C@H]1O[C@@](O)(CCC2=CCOC2=O)[C@@]2(C)CCCC(C)(C)[C@@H]12. The Bertz CT molecular complexity index is 607. The Kier molecular flexibility index (Phi) is 4.61. The molecule has 25 heavy (non-hydrogen) atoms. The summed E-state index contributed by atoms with van der Waals surface area (Å²) in [5.74, 6) is -1.67. The van der Waals surface area contributed by atoms with E-state index in [0.29, 0.717) is 31.4 Å². The van der Waals surface area contributed by atoms with Gasteiger partial charge in [0, 0.05) is 29.7 Å². The Morgan fingerprint density at radius 2 is 2.04 bits per heavy atom. The van der Waals surface area contributed by atoms with Crippen LogP contribution in [0.25, 0.3) is 0 Å². The average molecular weight is 350 g/mol. The fourth-order valence-electron chi connectivity index (χ4n) is 5.38. The molecule has 1 saturated heterocycles. The Labute approximate surface area is 149 Å². The van der Waals surface area contributed by atoms with Crippen molar-refractivity contribution >= 4 is 11.8 Å². The first kappa shape index (κ1) is 18.6. The number of fused-ring (bicyclic) bond motifs is 1. The third kappa shape index (κ3) is 2.85. The van der Waals surface area contributed by atoms with Crippen molar-refractivity contribution in [1.82, 2.24) is 0 Å². The van der Waals surface area contributed by atoms with Gasteiger partial charge in [-0.05, 0) is 30.8 Å². The van der Waals surface area contributed by atoms with Crippen LogP contribution in [0.15, 0.2) is 11.6 Å². The molecule has 5 heteroatoms. The number of ketones is 1. The van der Waals surface area contributed by atoms with E-state index in [0.717, 1.165) is 19.3 Å². The first-order valence-electron chi connectivity index (χ1n) is 9.44. The zero-order valence-electron chi connectivity index (χ0n) is 15.8. The number of hydrogen-bond donors (Lipinski definition) is 1. The van der Waals surface area contributed by atoms with E-state index in [1.54, 1.807) is 6.08 Å². The molecule has 0 aromatic carbocycles. The fourth-order valence-corrected chi connectivity index (χ4v) is 5.38. The Morgan fingerprint density at radius 1 is 1.32 bits per heavy atom. The normalized spacial score (nSPS) is 39.7. The summed E-state index contributed by atoms with van der Waals surface area (Å²) in [6, 6.07) is 0. The van der Waals surface area contributed by atoms with Gasteiger partial charge in [-0.25, -0.2) is 4.79 Å². The minimum absolute atomic E-state index is 0.0179. The molecule has 0 unspecified atom stereocenters. The van der Waals surface area contributed by atoms with Crippen molar-refractivity contribution in [2.24, 2.45) is 16.7 Å². The van der Waals surface area contributed by atoms with Crippen LogP contribution in [-0.2, 0) is 19.1 Å². The molecule has 2 fully saturated rings. The lowest BCUT2D eigenvalue weighted by Crippen LogP contribution is -2.52. The average Bonchev–Trinajstić information content (AvgIpc) is 3.05. The highest BCUT2D eigenvalue weighted by Gasteiger charge is 2.67. The van der Waals surface area contributed by atoms with Crippen LogP contribution in [0.4, 0.5) is 0 Å². The van der Waals surface area contributed by atoms with Crippen molar-refractivity contribution in [2.45, 2.75) is 78.1 Å². The van der Waals surface area contributed by atoms with Crippen LogP contribution in [0.5, 0.6) is 0 Å². The van der Waals surface area contributed by atoms with Crippen LogP contribution in [-0.4, -0.2) is 35.4 Å². The van der Waals surface area contributed by atoms with Gasteiger partial charge in [0.15, 0.2) is 11.6 Å². The highest BCUT2D eigenvalue weighted by Crippen LogP contribution is 2.64. The van der Waals surface area contributed by atoms with Gasteiger partial charge in [0.05, 0.1) is 0 Å². The number of carbonyl (C=O) groups is 2. The van der Waals surface area contributed by atoms with Crippen LogP contribution in [0.3, 0.4) is 0 Å². The quantitative estimate of drug-likeness (QED) is 0.771. The lowest BCUT2D eigenvalue weighted by atomic mass is 9.53. The summed E-state index contributed by atoms with van der Waals surface area (Å²) in [7, 11) is 0. The number of esters is 1. The van der Waals surface area contributed by atoms with Crippen LogP contribution in [0.1, 0.15) is 66.2 Å². The Morgan fingerprint density at radius 3 is 2.64 bits per heavy atom. The first-order valence-corrected chi connectivity index (χ1v) is 9.44. The van der Waals surface area contributed by atoms with Gasteiger partial charge in [0.25, 0.3) is 0 Å². The second-order valence-corrected chi connectivity index (χ2v) is 8.71. The smallest absolute Gasteiger partial charge is 0.334 e. The van der Waals surface area contributed by atoms with E-state index in [9.17, 15) is 14.7 Å². The third-order valence-corrected chi connectivity index (χ3v) is 6.77. The number of hydrogen-bond acceptors (Lipinski definition) is 5. The number of rotatable bonds is 5. The molecular formula is C20H30O5. The molecule has 1 saturated carbocycles. The van der Waals surface area contributed by atoms with Crippen LogP contribution in [0.2, 0.25) is 0 Å². The lowest BCUT2D eigenvalue weighted by molar-refractivity contribution is -0.244. The van der Waals surface area contributed by atoms with Gasteiger partial charge in [-0.3, -0.25) is 4.79 Å². The molecule has 2 heterocycles. The van der Waals surface area contributed by atoms with Crippen molar-refractivity contribution < 1.29 is 24.2 Å². The summed E-state index contributed by atoms with van der Waals surface area (Å²) < 4.78 is 11.1. The summed E-state index contributed by atoms with van der Waals surface area (Å²) in [5.41, 5.74) is 0.0313. The second kappa shape index (κ2) is 6.20. The van der Waals surface area contributed by atoms with Gasteiger partial charge in [0.2, 0.25) is 0 Å². The standard InChI is InChI=1S/C20H30O5/c1-5-14(21)15-16-18(2,3)9-6-10-19(16,4)20(23,25-15)11-7-13-8-12-24-17(13)22/h8,15-16,23H,5-7,9-12H2,1-4H3/t15-,16-,19+,20+/m1/s1. The molecule has 0 aromatic heterocycles. The molecular weight excluding hydrogens is 320 g/mol. The summed E-state index contributed by atoms with van der Waals surface area (Å²) in [6.45, 7) is 8.56. The summed E-state index contributed by atoms with van der Waals surface area (Å²) in [4.78, 5) is 24.3. The Balaban J connectivity index is 1.90. The molecule has 0 spiro atoms. The predicted molar refractivity (Wildman–Crippen MR) is 92.6 cm³/mol. The molecule has 140 valence electrons. The zero-order chi connectivity index (χ0) is 18.5. The molecule has 0 amide bonds. The minimum atomic E-state index is -1.39. The number of Topliss-reactive ketones (excluding diaryl/α,β-unsaturated/α-hetero) is 1. The van der Waals surface area contributed by atoms with Gasteiger partial charge in [-0.15, -0.1) is 0 Å². The van der Waals surface area contributed by atoms with Crippen molar-refractivity contribution in [1.29, 1.82) is 0 Å². The van der Waals surface area contributed by atoms with E-state index in [4.69, 9.17) is 9.47 Å². The van der Waals surface area contributed by atoms with Gasteiger partial charge in [-0.2, -0.15) is 0 Å².